The van der Waals surface area contributed by atoms with E-state index in [1.807, 2.05) is 19.1 Å². The van der Waals surface area contributed by atoms with Crippen LogP contribution in [0.15, 0.2) is 28.1 Å². The Hall–Kier alpha value is -0.0600. The Morgan fingerprint density at radius 2 is 1.76 bits per heavy atom. The van der Waals surface area contributed by atoms with Crippen LogP contribution in [0.2, 0.25) is 10.0 Å². The van der Waals surface area contributed by atoms with Gasteiger partial charge in [-0.15, -0.1) is 11.3 Å². The first-order valence-electron chi connectivity index (χ1n) is 4.95. The molecule has 0 aliphatic rings. The minimum atomic E-state index is -0.193. The molecule has 1 heterocycles. The molecule has 1 aromatic heterocycles. The van der Waals surface area contributed by atoms with Crippen LogP contribution in [0, 0.1) is 6.92 Å². The van der Waals surface area contributed by atoms with Gasteiger partial charge in [-0.1, -0.05) is 23.2 Å². The van der Waals surface area contributed by atoms with Gasteiger partial charge in [0.1, 0.15) is 0 Å². The van der Waals surface area contributed by atoms with Crippen molar-refractivity contribution in [1.29, 1.82) is 0 Å². The fourth-order valence-electron chi connectivity index (χ4n) is 1.56. The molecule has 2 aromatic rings. The summed E-state index contributed by atoms with van der Waals surface area (Å²) in [5.41, 5.74) is 8.32. The Balaban J connectivity index is 2.39. The van der Waals surface area contributed by atoms with E-state index in [1.54, 1.807) is 17.4 Å². The second-order valence-electron chi connectivity index (χ2n) is 3.79. The van der Waals surface area contributed by atoms with E-state index in [-0.39, 0.29) is 6.04 Å². The van der Waals surface area contributed by atoms with E-state index < -0.39 is 0 Å². The van der Waals surface area contributed by atoms with Gasteiger partial charge >= 0.3 is 0 Å². The number of thiophene rings is 1. The Kier molecular flexibility index (Phi) is 4.16. The lowest BCUT2D eigenvalue weighted by molar-refractivity contribution is 0.893. The molecule has 2 rings (SSSR count). The van der Waals surface area contributed by atoms with Crippen molar-refractivity contribution in [3.8, 4) is 0 Å². The van der Waals surface area contributed by atoms with Crippen LogP contribution in [0.4, 0.5) is 0 Å². The van der Waals surface area contributed by atoms with E-state index in [2.05, 4.69) is 22.0 Å². The number of benzene rings is 1. The van der Waals surface area contributed by atoms with E-state index >= 15 is 0 Å². The maximum absolute atomic E-state index is 6.21. The number of halogens is 3. The van der Waals surface area contributed by atoms with Gasteiger partial charge in [0, 0.05) is 14.9 Å². The first-order chi connectivity index (χ1) is 7.97. The Morgan fingerprint density at radius 3 is 2.24 bits per heavy atom. The van der Waals surface area contributed by atoms with Gasteiger partial charge in [0.05, 0.1) is 9.83 Å². The van der Waals surface area contributed by atoms with Crippen LogP contribution in [-0.4, -0.2) is 0 Å². The number of hydrogen-bond acceptors (Lipinski definition) is 2. The third kappa shape index (κ3) is 3.04. The highest BCUT2D eigenvalue weighted by Gasteiger charge is 2.14. The van der Waals surface area contributed by atoms with Crippen molar-refractivity contribution in [3.63, 3.8) is 0 Å². The zero-order valence-electron chi connectivity index (χ0n) is 9.01. The van der Waals surface area contributed by atoms with Gasteiger partial charge in [0.15, 0.2) is 0 Å². The number of nitrogens with two attached hydrogens (primary N) is 1. The van der Waals surface area contributed by atoms with E-state index in [0.717, 1.165) is 14.2 Å². The van der Waals surface area contributed by atoms with Gasteiger partial charge in [-0.25, -0.2) is 0 Å². The van der Waals surface area contributed by atoms with Gasteiger partial charge in [-0.3, -0.25) is 0 Å². The van der Waals surface area contributed by atoms with E-state index in [1.165, 1.54) is 5.56 Å². The summed E-state index contributed by atoms with van der Waals surface area (Å²) in [5.74, 6) is 0. The van der Waals surface area contributed by atoms with Gasteiger partial charge < -0.3 is 5.73 Å². The monoisotopic (exact) mass is 349 g/mol. The second-order valence-corrected chi connectivity index (χ2v) is 7.06. The summed E-state index contributed by atoms with van der Waals surface area (Å²) in [5, 5.41) is 1.21. The third-order valence-electron chi connectivity index (χ3n) is 2.43. The molecule has 2 N–H and O–H groups in total. The number of hydrogen-bond donors (Lipinski definition) is 1. The second kappa shape index (κ2) is 5.29. The molecule has 1 atom stereocenters. The summed E-state index contributed by atoms with van der Waals surface area (Å²) in [4.78, 5) is 1.09. The largest absolute Gasteiger partial charge is 0.320 e. The van der Waals surface area contributed by atoms with Gasteiger partial charge in [-0.05, 0) is 58.2 Å². The molecule has 0 amide bonds. The van der Waals surface area contributed by atoms with Crippen LogP contribution < -0.4 is 5.73 Å². The SMILES string of the molecule is Cc1cc(C(N)c2cc(Cl)cc(Cl)c2)sc1Br. The van der Waals surface area contributed by atoms with Crippen LogP contribution in [-0.2, 0) is 0 Å². The first kappa shape index (κ1) is 13.4. The van der Waals surface area contributed by atoms with Crippen molar-refractivity contribution in [2.45, 2.75) is 13.0 Å². The summed E-state index contributed by atoms with van der Waals surface area (Å²) in [6.07, 6.45) is 0. The predicted octanol–water partition coefficient (Wildman–Crippen LogP) is 5.17. The van der Waals surface area contributed by atoms with Crippen LogP contribution in [0.25, 0.3) is 0 Å². The molecule has 1 aromatic carbocycles. The van der Waals surface area contributed by atoms with E-state index in [4.69, 9.17) is 28.9 Å². The first-order valence-corrected chi connectivity index (χ1v) is 7.31. The molecular formula is C12H10BrCl2NS. The summed E-state index contributed by atoms with van der Waals surface area (Å²) in [6.45, 7) is 2.04. The third-order valence-corrected chi connectivity index (χ3v) is 5.08. The molecule has 0 spiro atoms. The lowest BCUT2D eigenvalue weighted by Crippen LogP contribution is -2.10. The summed E-state index contributed by atoms with van der Waals surface area (Å²) in [6, 6.07) is 7.28. The van der Waals surface area contributed by atoms with E-state index in [9.17, 15) is 0 Å². The van der Waals surface area contributed by atoms with Gasteiger partial charge in [0.25, 0.3) is 0 Å². The van der Waals surface area contributed by atoms with Crippen LogP contribution in [0.3, 0.4) is 0 Å². The molecule has 0 saturated heterocycles. The summed E-state index contributed by atoms with van der Waals surface area (Å²) >= 11 is 17.1. The standard InChI is InChI=1S/C12H10BrCl2NS/c1-6-2-10(17-12(6)13)11(16)7-3-8(14)5-9(15)4-7/h2-5,11H,16H2,1H3. The average molecular weight is 351 g/mol. The van der Waals surface area contributed by atoms with Crippen molar-refractivity contribution in [2.24, 2.45) is 5.73 Å². The van der Waals surface area contributed by atoms with Crippen molar-refractivity contribution in [3.05, 3.63) is 54.1 Å². The number of aryl methyl sites for hydroxylation is 1. The Morgan fingerprint density at radius 1 is 1.18 bits per heavy atom. The van der Waals surface area contributed by atoms with Crippen LogP contribution >= 0.6 is 50.5 Å². The maximum Gasteiger partial charge on any atom is 0.0731 e. The normalized spacial score (nSPS) is 12.8. The maximum atomic E-state index is 6.21. The average Bonchev–Trinajstić information content (AvgIpc) is 2.57. The predicted molar refractivity (Wildman–Crippen MR) is 79.2 cm³/mol. The topological polar surface area (TPSA) is 26.0 Å². The quantitative estimate of drug-likeness (QED) is 0.793. The molecule has 90 valence electrons. The molecule has 0 aliphatic carbocycles. The molecule has 0 radical (unpaired) electrons. The smallest absolute Gasteiger partial charge is 0.0731 e. The summed E-state index contributed by atoms with van der Waals surface area (Å²) in [7, 11) is 0. The minimum Gasteiger partial charge on any atom is -0.320 e. The van der Waals surface area contributed by atoms with Crippen molar-refractivity contribution < 1.29 is 0 Å². The molecule has 1 unspecified atom stereocenters. The lowest BCUT2D eigenvalue weighted by Gasteiger charge is -2.10. The molecular weight excluding hydrogens is 341 g/mol. The fraction of sp³-hybridized carbons (Fsp3) is 0.167. The van der Waals surface area contributed by atoms with Crippen molar-refractivity contribution in [1.82, 2.24) is 0 Å². The molecule has 1 nitrogen and oxygen atoms in total. The van der Waals surface area contributed by atoms with Gasteiger partial charge in [-0.2, -0.15) is 0 Å². The van der Waals surface area contributed by atoms with Gasteiger partial charge in [0.2, 0.25) is 0 Å². The molecule has 0 fully saturated rings. The molecule has 5 heteroatoms. The molecule has 0 saturated carbocycles. The highest BCUT2D eigenvalue weighted by atomic mass is 79.9. The van der Waals surface area contributed by atoms with Crippen LogP contribution in [0.5, 0.6) is 0 Å². The highest BCUT2D eigenvalue weighted by molar-refractivity contribution is 9.11. The minimum absolute atomic E-state index is 0.193. The zero-order chi connectivity index (χ0) is 12.6. The van der Waals surface area contributed by atoms with Crippen LogP contribution in [0.1, 0.15) is 22.0 Å². The fourth-order valence-corrected chi connectivity index (χ4v) is 3.70. The van der Waals surface area contributed by atoms with E-state index in [0.29, 0.717) is 10.0 Å². The molecule has 0 aliphatic heterocycles. The number of rotatable bonds is 2. The molecule has 0 bridgehead atoms. The summed E-state index contributed by atoms with van der Waals surface area (Å²) < 4.78 is 1.11. The molecule has 17 heavy (non-hydrogen) atoms. The van der Waals surface area contributed by atoms with Crippen molar-refractivity contribution in [2.75, 3.05) is 0 Å². The Labute approximate surface area is 123 Å². The zero-order valence-corrected chi connectivity index (χ0v) is 12.9. The highest BCUT2D eigenvalue weighted by Crippen LogP contribution is 2.34. The lowest BCUT2D eigenvalue weighted by atomic mass is 10.1. The van der Waals surface area contributed by atoms with Crippen molar-refractivity contribution >= 4 is 50.5 Å². The Bertz CT molecular complexity index is 514.